The van der Waals surface area contributed by atoms with Gasteiger partial charge in [0.2, 0.25) is 0 Å². The quantitative estimate of drug-likeness (QED) is 0.742. The molecule has 1 aromatic carbocycles. The van der Waals surface area contributed by atoms with E-state index in [9.17, 15) is 9.18 Å². The number of Topliss-reactive ketones (excluding diaryl/α,β-unsaturated/α-hetero) is 1. The molecule has 0 radical (unpaired) electrons. The summed E-state index contributed by atoms with van der Waals surface area (Å²) in [6.45, 7) is 0. The molecule has 2 aromatic rings. The predicted octanol–water partition coefficient (Wildman–Crippen LogP) is 3.59. The summed E-state index contributed by atoms with van der Waals surface area (Å²) in [5.41, 5.74) is 2.01. The van der Waals surface area contributed by atoms with E-state index in [2.05, 4.69) is 4.98 Å². The van der Waals surface area contributed by atoms with Gasteiger partial charge in [0.15, 0.2) is 5.78 Å². The van der Waals surface area contributed by atoms with Crippen LogP contribution in [0, 0.1) is 5.82 Å². The number of benzene rings is 1. The minimum Gasteiger partial charge on any atom is -0.289 e. The summed E-state index contributed by atoms with van der Waals surface area (Å²) in [6, 6.07) is 8.33. The lowest BCUT2D eigenvalue weighted by Gasteiger charge is -2.17. The highest BCUT2D eigenvalue weighted by Crippen LogP contribution is 2.35. The molecular formula is C15H10FNOS. The van der Waals surface area contributed by atoms with E-state index in [4.69, 9.17) is 0 Å². The second kappa shape index (κ2) is 4.97. The fourth-order valence-electron chi connectivity index (χ4n) is 1.99. The van der Waals surface area contributed by atoms with Gasteiger partial charge in [0.25, 0.3) is 0 Å². The van der Waals surface area contributed by atoms with E-state index in [1.54, 1.807) is 24.5 Å². The van der Waals surface area contributed by atoms with Crippen molar-refractivity contribution in [1.29, 1.82) is 0 Å². The molecule has 3 rings (SSSR count). The van der Waals surface area contributed by atoms with E-state index >= 15 is 0 Å². The maximum Gasteiger partial charge on any atom is 0.191 e. The number of hydrogen-bond acceptors (Lipinski definition) is 3. The monoisotopic (exact) mass is 271 g/mol. The van der Waals surface area contributed by atoms with Crippen LogP contribution in [0.25, 0.3) is 6.08 Å². The van der Waals surface area contributed by atoms with Crippen LogP contribution in [0.2, 0.25) is 0 Å². The number of ketones is 1. The van der Waals surface area contributed by atoms with Crippen LogP contribution in [0.4, 0.5) is 4.39 Å². The minimum absolute atomic E-state index is 0.0999. The largest absolute Gasteiger partial charge is 0.289 e. The summed E-state index contributed by atoms with van der Waals surface area (Å²) in [4.78, 5) is 16.8. The summed E-state index contributed by atoms with van der Waals surface area (Å²) in [5, 5.41) is 0. The first kappa shape index (κ1) is 12.1. The molecule has 0 N–H and O–H groups in total. The molecule has 4 heteroatoms. The Bertz CT molecular complexity index is 667. The molecule has 0 amide bonds. The third kappa shape index (κ3) is 2.31. The van der Waals surface area contributed by atoms with Crippen molar-refractivity contribution in [2.24, 2.45) is 0 Å². The highest BCUT2D eigenvalue weighted by molar-refractivity contribution is 7.99. The van der Waals surface area contributed by atoms with E-state index in [0.29, 0.717) is 21.8 Å². The van der Waals surface area contributed by atoms with Gasteiger partial charge < -0.3 is 0 Å². The Balaban J connectivity index is 2.01. The zero-order valence-electron chi connectivity index (χ0n) is 9.97. The molecule has 1 aliphatic rings. The summed E-state index contributed by atoms with van der Waals surface area (Å²) in [7, 11) is 0. The van der Waals surface area contributed by atoms with Crippen LogP contribution in [0.3, 0.4) is 0 Å². The van der Waals surface area contributed by atoms with Crippen molar-refractivity contribution in [3.8, 4) is 0 Å². The first-order valence-corrected chi connectivity index (χ1v) is 6.81. The molecule has 0 bridgehead atoms. The zero-order chi connectivity index (χ0) is 13.2. The zero-order valence-corrected chi connectivity index (χ0v) is 10.8. The number of hydrogen-bond donors (Lipinski definition) is 0. The lowest BCUT2D eigenvalue weighted by atomic mass is 10.0. The molecule has 19 heavy (non-hydrogen) atoms. The molecule has 94 valence electrons. The van der Waals surface area contributed by atoms with Crippen LogP contribution in [-0.2, 0) is 0 Å². The highest BCUT2D eigenvalue weighted by Gasteiger charge is 2.24. The normalized spacial score (nSPS) is 16.5. The lowest BCUT2D eigenvalue weighted by molar-refractivity contribution is 0.103. The Morgan fingerprint density at radius 1 is 1.26 bits per heavy atom. The lowest BCUT2D eigenvalue weighted by Crippen LogP contribution is -2.13. The van der Waals surface area contributed by atoms with E-state index in [0.717, 1.165) is 5.56 Å². The van der Waals surface area contributed by atoms with Gasteiger partial charge in [0, 0.05) is 29.3 Å². The molecule has 0 unspecified atom stereocenters. The minimum atomic E-state index is -0.323. The smallest absolute Gasteiger partial charge is 0.191 e. The maximum atomic E-state index is 13.6. The third-order valence-corrected chi connectivity index (χ3v) is 4.06. The standard InChI is InChI=1S/C15H10FNOS/c16-13-5-1-4-12-14(18)11(9-19-15(12)13)7-10-3-2-6-17-8-10/h1-8H,9H2. The average Bonchev–Trinajstić information content (AvgIpc) is 2.44. The van der Waals surface area contributed by atoms with Crippen molar-refractivity contribution in [3.05, 3.63) is 65.2 Å². The van der Waals surface area contributed by atoms with Gasteiger partial charge in [0.1, 0.15) is 5.82 Å². The number of pyridine rings is 1. The number of fused-ring (bicyclic) bond motifs is 1. The molecular weight excluding hydrogens is 261 g/mol. The molecule has 0 aliphatic carbocycles. The number of carbonyl (C=O) groups is 1. The molecule has 2 heterocycles. The second-order valence-electron chi connectivity index (χ2n) is 4.19. The van der Waals surface area contributed by atoms with Gasteiger partial charge in [-0.05, 0) is 29.8 Å². The van der Waals surface area contributed by atoms with Crippen molar-refractivity contribution >= 4 is 23.6 Å². The molecule has 0 saturated heterocycles. The Morgan fingerprint density at radius 2 is 2.16 bits per heavy atom. The van der Waals surface area contributed by atoms with E-state index in [1.165, 1.54) is 17.8 Å². The van der Waals surface area contributed by atoms with Crippen molar-refractivity contribution < 1.29 is 9.18 Å². The van der Waals surface area contributed by atoms with Gasteiger partial charge in [-0.2, -0.15) is 0 Å². The summed E-state index contributed by atoms with van der Waals surface area (Å²) in [5.74, 6) is 0.0650. The molecule has 1 aliphatic heterocycles. The van der Waals surface area contributed by atoms with Crippen LogP contribution >= 0.6 is 11.8 Å². The van der Waals surface area contributed by atoms with Gasteiger partial charge in [-0.3, -0.25) is 9.78 Å². The predicted molar refractivity (Wildman–Crippen MR) is 73.7 cm³/mol. The Labute approximate surface area is 114 Å². The third-order valence-electron chi connectivity index (χ3n) is 2.90. The molecule has 0 fully saturated rings. The van der Waals surface area contributed by atoms with Crippen molar-refractivity contribution in [2.45, 2.75) is 4.90 Å². The average molecular weight is 271 g/mol. The number of aromatic nitrogens is 1. The maximum absolute atomic E-state index is 13.6. The van der Waals surface area contributed by atoms with Crippen LogP contribution in [-0.4, -0.2) is 16.5 Å². The number of rotatable bonds is 1. The Morgan fingerprint density at radius 3 is 2.95 bits per heavy atom. The van der Waals surface area contributed by atoms with Crippen LogP contribution in [0.15, 0.2) is 53.2 Å². The van der Waals surface area contributed by atoms with Gasteiger partial charge in [-0.1, -0.05) is 12.1 Å². The molecule has 0 atom stereocenters. The topological polar surface area (TPSA) is 30.0 Å². The van der Waals surface area contributed by atoms with Crippen molar-refractivity contribution in [1.82, 2.24) is 4.98 Å². The van der Waals surface area contributed by atoms with Crippen molar-refractivity contribution in [2.75, 3.05) is 5.75 Å². The van der Waals surface area contributed by atoms with Gasteiger partial charge >= 0.3 is 0 Å². The van der Waals surface area contributed by atoms with Gasteiger partial charge in [-0.25, -0.2) is 4.39 Å². The van der Waals surface area contributed by atoms with Crippen LogP contribution in [0.1, 0.15) is 15.9 Å². The molecule has 0 spiro atoms. The van der Waals surface area contributed by atoms with Crippen LogP contribution in [0.5, 0.6) is 0 Å². The number of carbonyl (C=O) groups excluding carboxylic acids is 1. The Kier molecular flexibility index (Phi) is 3.17. The first-order chi connectivity index (χ1) is 9.25. The SMILES string of the molecule is O=C1C(=Cc2cccnc2)CSc2c(F)cccc21. The van der Waals surface area contributed by atoms with E-state index in [1.807, 2.05) is 18.2 Å². The van der Waals surface area contributed by atoms with Crippen molar-refractivity contribution in [3.63, 3.8) is 0 Å². The Hall–Kier alpha value is -1.94. The van der Waals surface area contributed by atoms with Gasteiger partial charge in [-0.15, -0.1) is 11.8 Å². The number of nitrogens with zero attached hydrogens (tertiary/aromatic N) is 1. The number of halogens is 1. The first-order valence-electron chi connectivity index (χ1n) is 5.82. The fraction of sp³-hybridized carbons (Fsp3) is 0.0667. The second-order valence-corrected chi connectivity index (χ2v) is 5.18. The van der Waals surface area contributed by atoms with Crippen LogP contribution < -0.4 is 0 Å². The molecule has 1 aromatic heterocycles. The van der Waals surface area contributed by atoms with Gasteiger partial charge in [0.05, 0.1) is 4.90 Å². The van der Waals surface area contributed by atoms with E-state index in [-0.39, 0.29) is 11.6 Å². The van der Waals surface area contributed by atoms with E-state index < -0.39 is 0 Å². The fourth-order valence-corrected chi connectivity index (χ4v) is 3.03. The molecule has 0 saturated carbocycles. The summed E-state index contributed by atoms with van der Waals surface area (Å²) in [6.07, 6.45) is 5.20. The molecule has 2 nitrogen and oxygen atoms in total. The summed E-state index contributed by atoms with van der Waals surface area (Å²) >= 11 is 1.36. The number of thioether (sulfide) groups is 1. The highest BCUT2D eigenvalue weighted by atomic mass is 32.2. The summed E-state index contributed by atoms with van der Waals surface area (Å²) < 4.78 is 13.6.